The summed E-state index contributed by atoms with van der Waals surface area (Å²) >= 11 is 0. The molecule has 1 aliphatic heterocycles. The van der Waals surface area contributed by atoms with Gasteiger partial charge in [-0.2, -0.15) is 0 Å². The number of carbonyl (C=O) groups is 1. The SMILES string of the molecule is Cc1cccc2[nH]cc(CCNC(=O)C3CC4CCCCC4N3)c12. The highest BCUT2D eigenvalue weighted by atomic mass is 16.2. The summed E-state index contributed by atoms with van der Waals surface area (Å²) in [6, 6.07) is 6.91. The first-order valence-electron chi connectivity index (χ1n) is 9.31. The predicted molar refractivity (Wildman–Crippen MR) is 97.0 cm³/mol. The molecular formula is C20H27N3O. The Labute approximate surface area is 143 Å². The van der Waals surface area contributed by atoms with Crippen molar-refractivity contribution in [2.24, 2.45) is 5.92 Å². The molecule has 24 heavy (non-hydrogen) atoms. The van der Waals surface area contributed by atoms with Crippen molar-refractivity contribution >= 4 is 16.8 Å². The highest BCUT2D eigenvalue weighted by molar-refractivity contribution is 5.86. The maximum atomic E-state index is 12.5. The molecule has 1 saturated heterocycles. The van der Waals surface area contributed by atoms with Gasteiger partial charge in [-0.3, -0.25) is 4.79 Å². The molecule has 0 spiro atoms. The van der Waals surface area contributed by atoms with Gasteiger partial charge in [-0.15, -0.1) is 0 Å². The second-order valence-electron chi connectivity index (χ2n) is 7.46. The zero-order chi connectivity index (χ0) is 16.5. The summed E-state index contributed by atoms with van der Waals surface area (Å²) in [6.07, 6.45) is 9.13. The van der Waals surface area contributed by atoms with Crippen LogP contribution in [0.2, 0.25) is 0 Å². The van der Waals surface area contributed by atoms with Gasteiger partial charge < -0.3 is 15.6 Å². The van der Waals surface area contributed by atoms with E-state index >= 15 is 0 Å². The Kier molecular flexibility index (Phi) is 4.31. The van der Waals surface area contributed by atoms with Crippen LogP contribution in [0.3, 0.4) is 0 Å². The van der Waals surface area contributed by atoms with E-state index in [0.717, 1.165) is 12.8 Å². The number of aromatic amines is 1. The number of aryl methyl sites for hydroxylation is 1. The average molecular weight is 325 g/mol. The van der Waals surface area contributed by atoms with Crippen LogP contribution in [0.25, 0.3) is 10.9 Å². The molecular weight excluding hydrogens is 298 g/mol. The van der Waals surface area contributed by atoms with Gasteiger partial charge in [-0.25, -0.2) is 0 Å². The monoisotopic (exact) mass is 325 g/mol. The molecule has 1 aliphatic carbocycles. The number of hydrogen-bond acceptors (Lipinski definition) is 2. The number of hydrogen-bond donors (Lipinski definition) is 3. The minimum Gasteiger partial charge on any atom is -0.361 e. The largest absolute Gasteiger partial charge is 0.361 e. The zero-order valence-corrected chi connectivity index (χ0v) is 14.4. The second kappa shape index (κ2) is 6.60. The molecule has 2 aromatic rings. The minimum absolute atomic E-state index is 0.0165. The normalized spacial score (nSPS) is 26.5. The third-order valence-corrected chi connectivity index (χ3v) is 5.87. The van der Waals surface area contributed by atoms with Crippen LogP contribution in [-0.4, -0.2) is 29.5 Å². The molecule has 4 nitrogen and oxygen atoms in total. The van der Waals surface area contributed by atoms with Crippen LogP contribution in [0.4, 0.5) is 0 Å². The molecule has 1 saturated carbocycles. The van der Waals surface area contributed by atoms with Crippen molar-refractivity contribution < 1.29 is 4.79 Å². The summed E-state index contributed by atoms with van der Waals surface area (Å²) < 4.78 is 0. The molecule has 2 heterocycles. The average Bonchev–Trinajstić information content (AvgIpc) is 3.19. The summed E-state index contributed by atoms with van der Waals surface area (Å²) in [5.74, 6) is 0.895. The maximum absolute atomic E-state index is 12.5. The first-order valence-corrected chi connectivity index (χ1v) is 9.31. The van der Waals surface area contributed by atoms with E-state index in [1.165, 1.54) is 47.7 Å². The van der Waals surface area contributed by atoms with Crippen molar-refractivity contribution in [1.82, 2.24) is 15.6 Å². The Balaban J connectivity index is 1.33. The van der Waals surface area contributed by atoms with E-state index in [4.69, 9.17) is 0 Å². The van der Waals surface area contributed by atoms with Gasteiger partial charge in [-0.1, -0.05) is 25.0 Å². The number of fused-ring (bicyclic) bond motifs is 2. The third-order valence-electron chi connectivity index (χ3n) is 5.87. The van der Waals surface area contributed by atoms with Gasteiger partial charge in [0.15, 0.2) is 0 Å². The van der Waals surface area contributed by atoms with Gasteiger partial charge in [0.2, 0.25) is 5.91 Å². The van der Waals surface area contributed by atoms with Crippen LogP contribution in [0, 0.1) is 12.8 Å². The minimum atomic E-state index is 0.0165. The first kappa shape index (κ1) is 15.7. The molecule has 3 unspecified atom stereocenters. The lowest BCUT2D eigenvalue weighted by atomic mass is 9.85. The van der Waals surface area contributed by atoms with Crippen molar-refractivity contribution in [3.8, 4) is 0 Å². The van der Waals surface area contributed by atoms with Crippen molar-refractivity contribution in [3.05, 3.63) is 35.5 Å². The number of rotatable bonds is 4. The Morgan fingerprint density at radius 3 is 3.04 bits per heavy atom. The topological polar surface area (TPSA) is 56.9 Å². The fourth-order valence-corrected chi connectivity index (χ4v) is 4.61. The summed E-state index contributed by atoms with van der Waals surface area (Å²) in [6.45, 7) is 2.84. The molecule has 2 aliphatic rings. The highest BCUT2D eigenvalue weighted by Crippen LogP contribution is 2.33. The first-order chi connectivity index (χ1) is 11.7. The number of aromatic nitrogens is 1. The lowest BCUT2D eigenvalue weighted by molar-refractivity contribution is -0.122. The molecule has 128 valence electrons. The molecule has 3 N–H and O–H groups in total. The number of benzene rings is 1. The quantitative estimate of drug-likeness (QED) is 0.809. The Morgan fingerprint density at radius 2 is 2.17 bits per heavy atom. The molecule has 0 radical (unpaired) electrons. The molecule has 1 amide bonds. The van der Waals surface area contributed by atoms with E-state index in [2.05, 4.69) is 46.9 Å². The zero-order valence-electron chi connectivity index (χ0n) is 14.4. The van der Waals surface area contributed by atoms with Crippen molar-refractivity contribution in [3.63, 3.8) is 0 Å². The summed E-state index contributed by atoms with van der Waals surface area (Å²) in [4.78, 5) is 15.8. The summed E-state index contributed by atoms with van der Waals surface area (Å²) in [7, 11) is 0. The van der Waals surface area contributed by atoms with Gasteiger partial charge in [0.25, 0.3) is 0 Å². The van der Waals surface area contributed by atoms with E-state index in [-0.39, 0.29) is 11.9 Å². The fraction of sp³-hybridized carbons (Fsp3) is 0.550. The number of carbonyl (C=O) groups excluding carboxylic acids is 1. The van der Waals surface area contributed by atoms with Gasteiger partial charge in [0, 0.05) is 29.7 Å². The highest BCUT2D eigenvalue weighted by Gasteiger charge is 2.37. The van der Waals surface area contributed by atoms with E-state index in [9.17, 15) is 4.79 Å². The predicted octanol–water partition coefficient (Wildman–Crippen LogP) is 3.06. The van der Waals surface area contributed by atoms with E-state index in [1.807, 2.05) is 0 Å². The lowest BCUT2D eigenvalue weighted by Gasteiger charge is -2.24. The Morgan fingerprint density at radius 1 is 1.29 bits per heavy atom. The van der Waals surface area contributed by atoms with Gasteiger partial charge in [0.1, 0.15) is 0 Å². The summed E-state index contributed by atoms with van der Waals surface area (Å²) in [5.41, 5.74) is 3.76. The smallest absolute Gasteiger partial charge is 0.237 e. The van der Waals surface area contributed by atoms with Crippen LogP contribution >= 0.6 is 0 Å². The van der Waals surface area contributed by atoms with Crippen molar-refractivity contribution in [1.29, 1.82) is 0 Å². The van der Waals surface area contributed by atoms with Crippen molar-refractivity contribution in [2.75, 3.05) is 6.54 Å². The molecule has 0 bridgehead atoms. The standard InChI is InChI=1S/C20H27N3O/c1-13-5-4-8-17-19(13)15(12-22-17)9-10-21-20(24)18-11-14-6-2-3-7-16(14)23-18/h4-5,8,12,14,16,18,22-23H,2-3,6-7,9-11H2,1H3,(H,21,24). The number of amides is 1. The Hall–Kier alpha value is -1.81. The van der Waals surface area contributed by atoms with E-state index in [1.54, 1.807) is 0 Å². The third kappa shape index (κ3) is 2.95. The van der Waals surface area contributed by atoms with Gasteiger partial charge in [0.05, 0.1) is 6.04 Å². The number of H-pyrrole nitrogens is 1. The van der Waals surface area contributed by atoms with Crippen LogP contribution in [0.15, 0.2) is 24.4 Å². The molecule has 1 aromatic carbocycles. The Bertz CT molecular complexity index is 722. The van der Waals surface area contributed by atoms with Gasteiger partial charge in [-0.05, 0) is 55.7 Å². The number of nitrogens with one attached hydrogen (secondary N) is 3. The van der Waals surface area contributed by atoms with Crippen LogP contribution < -0.4 is 10.6 Å². The molecule has 4 rings (SSSR count). The van der Waals surface area contributed by atoms with E-state index < -0.39 is 0 Å². The van der Waals surface area contributed by atoms with Crippen LogP contribution in [0.1, 0.15) is 43.2 Å². The maximum Gasteiger partial charge on any atom is 0.237 e. The second-order valence-corrected chi connectivity index (χ2v) is 7.46. The van der Waals surface area contributed by atoms with Crippen LogP contribution in [0.5, 0.6) is 0 Å². The van der Waals surface area contributed by atoms with Crippen LogP contribution in [-0.2, 0) is 11.2 Å². The molecule has 2 fully saturated rings. The molecule has 4 heteroatoms. The van der Waals surface area contributed by atoms with E-state index in [0.29, 0.717) is 18.5 Å². The molecule has 3 atom stereocenters. The van der Waals surface area contributed by atoms with Gasteiger partial charge >= 0.3 is 0 Å². The molecule has 1 aromatic heterocycles. The lowest BCUT2D eigenvalue weighted by Crippen LogP contribution is -2.43. The fourth-order valence-electron chi connectivity index (χ4n) is 4.61. The summed E-state index contributed by atoms with van der Waals surface area (Å²) in [5, 5.41) is 8.00. The van der Waals surface area contributed by atoms with Crippen molar-refractivity contribution in [2.45, 2.75) is 57.5 Å².